The van der Waals surface area contributed by atoms with E-state index >= 15 is 0 Å². The predicted octanol–water partition coefficient (Wildman–Crippen LogP) is 1.79. The molecular weight excluding hydrogens is 230 g/mol. The summed E-state index contributed by atoms with van der Waals surface area (Å²) in [4.78, 5) is 22.6. The summed E-state index contributed by atoms with van der Waals surface area (Å²) in [6.07, 6.45) is 0.740. The minimum atomic E-state index is -0.249. The lowest BCUT2D eigenvalue weighted by Crippen LogP contribution is -2.16. The fourth-order valence-corrected chi connectivity index (χ4v) is 1.71. The zero-order valence-corrected chi connectivity index (χ0v) is 10.2. The number of rotatable bonds is 3. The number of carbonyl (C=O) groups excluding carboxylic acids is 2. The van der Waals surface area contributed by atoms with Crippen molar-refractivity contribution in [1.82, 2.24) is 9.78 Å². The summed E-state index contributed by atoms with van der Waals surface area (Å²) >= 11 is 0. The largest absolute Gasteiger partial charge is 0.321 e. The Morgan fingerprint density at radius 2 is 2.17 bits per heavy atom. The fraction of sp³-hybridized carbons (Fsp3) is 0.154. The number of aryl methyl sites for hydroxylation is 2. The Balaban J connectivity index is 2.21. The second kappa shape index (κ2) is 4.83. The number of hydrogen-bond donors (Lipinski definition) is 1. The first-order chi connectivity index (χ1) is 8.60. The third-order valence-electron chi connectivity index (χ3n) is 2.52. The van der Waals surface area contributed by atoms with Crippen LogP contribution >= 0.6 is 0 Å². The molecule has 18 heavy (non-hydrogen) atoms. The molecule has 0 fully saturated rings. The number of nitrogens with one attached hydrogen (secondary N) is 1. The van der Waals surface area contributed by atoms with Crippen LogP contribution in [-0.4, -0.2) is 22.0 Å². The maximum absolute atomic E-state index is 12.0. The smallest absolute Gasteiger partial charge is 0.273 e. The van der Waals surface area contributed by atoms with Crippen molar-refractivity contribution in [3.63, 3.8) is 0 Å². The summed E-state index contributed by atoms with van der Waals surface area (Å²) in [7, 11) is 1.71. The number of aldehydes is 1. The van der Waals surface area contributed by atoms with Crippen LogP contribution in [0.1, 0.15) is 26.5 Å². The van der Waals surface area contributed by atoms with E-state index in [0.717, 1.165) is 12.0 Å². The van der Waals surface area contributed by atoms with Crippen LogP contribution in [0.15, 0.2) is 30.3 Å². The number of carbonyl (C=O) groups is 2. The van der Waals surface area contributed by atoms with Gasteiger partial charge in [-0.15, -0.1) is 0 Å². The van der Waals surface area contributed by atoms with Crippen LogP contribution in [0.2, 0.25) is 0 Å². The molecule has 0 aliphatic carbocycles. The van der Waals surface area contributed by atoms with Gasteiger partial charge in [0.1, 0.15) is 12.0 Å². The molecule has 1 N–H and O–H groups in total. The SMILES string of the molecule is Cc1cc(C(=O)Nc2cccc(C=O)c2)n(C)n1. The van der Waals surface area contributed by atoms with E-state index in [4.69, 9.17) is 0 Å². The van der Waals surface area contributed by atoms with Crippen LogP contribution < -0.4 is 5.32 Å². The molecule has 1 aromatic heterocycles. The zero-order valence-electron chi connectivity index (χ0n) is 10.2. The second-order valence-corrected chi connectivity index (χ2v) is 3.99. The van der Waals surface area contributed by atoms with Gasteiger partial charge in [0.25, 0.3) is 5.91 Å². The maximum atomic E-state index is 12.0. The fourth-order valence-electron chi connectivity index (χ4n) is 1.71. The summed E-state index contributed by atoms with van der Waals surface area (Å²) in [6, 6.07) is 8.45. The van der Waals surface area contributed by atoms with Gasteiger partial charge in [-0.2, -0.15) is 5.10 Å². The first-order valence-corrected chi connectivity index (χ1v) is 5.47. The number of anilines is 1. The molecule has 0 atom stereocenters. The molecular formula is C13H13N3O2. The molecule has 0 spiro atoms. The van der Waals surface area contributed by atoms with Gasteiger partial charge < -0.3 is 5.32 Å². The standard InChI is InChI=1S/C13H13N3O2/c1-9-6-12(16(2)15-9)13(18)14-11-5-3-4-10(7-11)8-17/h3-8H,1-2H3,(H,14,18). The molecule has 0 saturated heterocycles. The molecule has 92 valence electrons. The predicted molar refractivity (Wildman–Crippen MR) is 67.7 cm³/mol. The monoisotopic (exact) mass is 243 g/mol. The Hall–Kier alpha value is -2.43. The number of amides is 1. The number of aromatic nitrogens is 2. The van der Waals surface area contributed by atoms with Crippen LogP contribution in [0.5, 0.6) is 0 Å². The van der Waals surface area contributed by atoms with Crippen molar-refractivity contribution in [2.45, 2.75) is 6.92 Å². The van der Waals surface area contributed by atoms with Crippen LogP contribution in [0.3, 0.4) is 0 Å². The van der Waals surface area contributed by atoms with Crippen molar-refractivity contribution < 1.29 is 9.59 Å². The lowest BCUT2D eigenvalue weighted by Gasteiger charge is -2.05. The molecule has 0 aliphatic heterocycles. The lowest BCUT2D eigenvalue weighted by atomic mass is 10.2. The topological polar surface area (TPSA) is 64.0 Å². The number of hydrogen-bond acceptors (Lipinski definition) is 3. The number of benzene rings is 1. The van der Waals surface area contributed by atoms with E-state index in [-0.39, 0.29) is 5.91 Å². The third kappa shape index (κ3) is 2.45. The van der Waals surface area contributed by atoms with Crippen molar-refractivity contribution in [1.29, 1.82) is 0 Å². The molecule has 0 unspecified atom stereocenters. The minimum absolute atomic E-state index is 0.249. The molecule has 1 heterocycles. The highest BCUT2D eigenvalue weighted by Gasteiger charge is 2.11. The zero-order chi connectivity index (χ0) is 13.1. The summed E-state index contributed by atoms with van der Waals surface area (Å²) in [5.41, 5.74) is 2.37. The molecule has 5 nitrogen and oxygen atoms in total. The van der Waals surface area contributed by atoms with Crippen molar-refractivity contribution >= 4 is 17.9 Å². The summed E-state index contributed by atoms with van der Waals surface area (Å²) in [5.74, 6) is -0.249. The second-order valence-electron chi connectivity index (χ2n) is 3.99. The van der Waals surface area contributed by atoms with Crippen LogP contribution in [0, 0.1) is 6.92 Å². The third-order valence-corrected chi connectivity index (χ3v) is 2.52. The van der Waals surface area contributed by atoms with E-state index in [1.54, 1.807) is 37.4 Å². The summed E-state index contributed by atoms with van der Waals surface area (Å²) in [6.45, 7) is 1.82. The maximum Gasteiger partial charge on any atom is 0.273 e. The molecule has 0 saturated carbocycles. The highest BCUT2D eigenvalue weighted by Crippen LogP contribution is 2.11. The first-order valence-electron chi connectivity index (χ1n) is 5.47. The minimum Gasteiger partial charge on any atom is -0.321 e. The van der Waals surface area contributed by atoms with E-state index in [2.05, 4.69) is 10.4 Å². The quantitative estimate of drug-likeness (QED) is 0.836. The number of nitrogens with zero attached hydrogens (tertiary/aromatic N) is 2. The van der Waals surface area contributed by atoms with Crippen LogP contribution in [0.4, 0.5) is 5.69 Å². The average Bonchev–Trinajstić information content (AvgIpc) is 2.69. The van der Waals surface area contributed by atoms with Crippen molar-refractivity contribution in [3.8, 4) is 0 Å². The Bertz CT molecular complexity index is 602. The van der Waals surface area contributed by atoms with E-state index in [1.165, 1.54) is 4.68 Å². The first kappa shape index (κ1) is 12.0. The average molecular weight is 243 g/mol. The molecule has 2 aromatic rings. The van der Waals surface area contributed by atoms with Crippen molar-refractivity contribution in [3.05, 3.63) is 47.3 Å². The van der Waals surface area contributed by atoms with E-state index in [0.29, 0.717) is 16.9 Å². The molecule has 0 radical (unpaired) electrons. The Labute approximate surface area is 104 Å². The van der Waals surface area contributed by atoms with Gasteiger partial charge in [-0.25, -0.2) is 0 Å². The van der Waals surface area contributed by atoms with Crippen LogP contribution in [-0.2, 0) is 7.05 Å². The molecule has 1 amide bonds. The Morgan fingerprint density at radius 3 is 2.78 bits per heavy atom. The Morgan fingerprint density at radius 1 is 1.39 bits per heavy atom. The van der Waals surface area contributed by atoms with E-state index < -0.39 is 0 Å². The van der Waals surface area contributed by atoms with Gasteiger partial charge in [0.15, 0.2) is 0 Å². The van der Waals surface area contributed by atoms with Gasteiger partial charge in [-0.1, -0.05) is 12.1 Å². The molecule has 0 bridgehead atoms. The molecule has 0 aliphatic rings. The highest BCUT2D eigenvalue weighted by atomic mass is 16.2. The van der Waals surface area contributed by atoms with Gasteiger partial charge in [-0.3, -0.25) is 14.3 Å². The molecule has 5 heteroatoms. The normalized spacial score (nSPS) is 10.1. The highest BCUT2D eigenvalue weighted by molar-refractivity contribution is 6.03. The molecule has 2 rings (SSSR count). The van der Waals surface area contributed by atoms with Crippen LogP contribution in [0.25, 0.3) is 0 Å². The Kier molecular flexibility index (Phi) is 3.23. The summed E-state index contributed by atoms with van der Waals surface area (Å²) in [5, 5.41) is 6.84. The van der Waals surface area contributed by atoms with Gasteiger partial charge in [0.2, 0.25) is 0 Å². The van der Waals surface area contributed by atoms with Gasteiger partial charge in [0, 0.05) is 18.3 Å². The van der Waals surface area contributed by atoms with Gasteiger partial charge >= 0.3 is 0 Å². The lowest BCUT2D eigenvalue weighted by molar-refractivity contribution is 0.101. The van der Waals surface area contributed by atoms with Gasteiger partial charge in [-0.05, 0) is 25.1 Å². The van der Waals surface area contributed by atoms with Crippen molar-refractivity contribution in [2.75, 3.05) is 5.32 Å². The molecule has 1 aromatic carbocycles. The van der Waals surface area contributed by atoms with E-state index in [1.807, 2.05) is 6.92 Å². The van der Waals surface area contributed by atoms with Gasteiger partial charge in [0.05, 0.1) is 5.69 Å². The summed E-state index contributed by atoms with van der Waals surface area (Å²) < 4.78 is 1.52. The van der Waals surface area contributed by atoms with E-state index in [9.17, 15) is 9.59 Å². The van der Waals surface area contributed by atoms with Crippen molar-refractivity contribution in [2.24, 2.45) is 7.05 Å².